The molecule has 2 aromatic carbocycles. The van der Waals surface area contributed by atoms with Crippen molar-refractivity contribution in [3.8, 4) is 0 Å². The molecule has 1 aliphatic heterocycles. The first-order valence-electron chi connectivity index (χ1n) is 11.3. The van der Waals surface area contributed by atoms with E-state index < -0.39 is 0 Å². The zero-order chi connectivity index (χ0) is 22.2. The third kappa shape index (κ3) is 6.69. The maximum absolute atomic E-state index is 14.1. The summed E-state index contributed by atoms with van der Waals surface area (Å²) in [5, 5.41) is 6.85. The summed E-state index contributed by atoms with van der Waals surface area (Å²) in [7, 11) is 3.88. The van der Waals surface area contributed by atoms with Crippen LogP contribution in [0.15, 0.2) is 47.5 Å². The molecule has 0 aromatic heterocycles. The summed E-state index contributed by atoms with van der Waals surface area (Å²) in [5.41, 5.74) is 4.23. The number of hydrogen-bond acceptors (Lipinski definition) is 3. The van der Waals surface area contributed by atoms with E-state index in [4.69, 9.17) is 4.99 Å². The van der Waals surface area contributed by atoms with Crippen LogP contribution >= 0.6 is 0 Å². The Hall–Kier alpha value is -2.60. The van der Waals surface area contributed by atoms with E-state index in [2.05, 4.69) is 53.6 Å². The predicted octanol–water partition coefficient (Wildman–Crippen LogP) is 4.30. The molecule has 1 fully saturated rings. The highest BCUT2D eigenvalue weighted by atomic mass is 19.1. The van der Waals surface area contributed by atoms with Crippen LogP contribution in [0.2, 0.25) is 0 Å². The van der Waals surface area contributed by atoms with Gasteiger partial charge in [-0.3, -0.25) is 0 Å². The molecule has 0 aliphatic carbocycles. The quantitative estimate of drug-likeness (QED) is 0.489. The first kappa shape index (κ1) is 23.1. The predicted molar refractivity (Wildman–Crippen MR) is 128 cm³/mol. The van der Waals surface area contributed by atoms with Crippen molar-refractivity contribution < 1.29 is 4.39 Å². The van der Waals surface area contributed by atoms with Crippen LogP contribution in [-0.4, -0.2) is 44.6 Å². The SMILES string of the molecule is CCNC(=NCc1ccc(F)c(CN(C)C)c1)NC(C)c1cccc(N2CCCC2)c1. The monoisotopic (exact) mass is 425 g/mol. The van der Waals surface area contributed by atoms with Gasteiger partial charge in [0.15, 0.2) is 5.96 Å². The van der Waals surface area contributed by atoms with Crippen LogP contribution in [0, 0.1) is 5.82 Å². The van der Waals surface area contributed by atoms with Crippen molar-refractivity contribution in [3.05, 3.63) is 65.0 Å². The van der Waals surface area contributed by atoms with Crippen molar-refractivity contribution >= 4 is 11.6 Å². The molecule has 0 bridgehead atoms. The Kier molecular flexibility index (Phi) is 8.29. The summed E-state index contributed by atoms with van der Waals surface area (Å²) in [6.07, 6.45) is 2.55. The van der Waals surface area contributed by atoms with Gasteiger partial charge < -0.3 is 20.4 Å². The molecule has 1 heterocycles. The minimum Gasteiger partial charge on any atom is -0.372 e. The molecule has 2 N–H and O–H groups in total. The fourth-order valence-electron chi connectivity index (χ4n) is 3.93. The minimum absolute atomic E-state index is 0.123. The van der Waals surface area contributed by atoms with Crippen LogP contribution < -0.4 is 15.5 Å². The van der Waals surface area contributed by atoms with Gasteiger partial charge in [0.25, 0.3) is 0 Å². The third-order valence-corrected chi connectivity index (χ3v) is 5.56. The number of guanidine groups is 1. The van der Waals surface area contributed by atoms with Crippen LogP contribution in [-0.2, 0) is 13.1 Å². The molecular weight excluding hydrogens is 389 g/mol. The lowest BCUT2D eigenvalue weighted by Gasteiger charge is -2.22. The Morgan fingerprint density at radius 3 is 2.65 bits per heavy atom. The third-order valence-electron chi connectivity index (χ3n) is 5.56. The van der Waals surface area contributed by atoms with Crippen LogP contribution in [0.5, 0.6) is 0 Å². The second-order valence-corrected chi connectivity index (χ2v) is 8.51. The fraction of sp³-hybridized carbons (Fsp3) is 0.480. The van der Waals surface area contributed by atoms with Crippen LogP contribution in [0.4, 0.5) is 10.1 Å². The second kappa shape index (κ2) is 11.1. The molecule has 3 rings (SSSR count). The summed E-state index contributed by atoms with van der Waals surface area (Å²) in [6.45, 7) is 8.35. The summed E-state index contributed by atoms with van der Waals surface area (Å²) in [4.78, 5) is 9.17. The highest BCUT2D eigenvalue weighted by Crippen LogP contribution is 2.24. The molecule has 31 heavy (non-hydrogen) atoms. The number of nitrogens with one attached hydrogen (secondary N) is 2. The number of aliphatic imine (C=N–C) groups is 1. The van der Waals surface area contributed by atoms with E-state index in [0.29, 0.717) is 18.7 Å². The van der Waals surface area contributed by atoms with Gasteiger partial charge in [0, 0.05) is 37.4 Å². The molecule has 0 saturated carbocycles. The van der Waals surface area contributed by atoms with E-state index in [0.717, 1.165) is 31.2 Å². The zero-order valence-corrected chi connectivity index (χ0v) is 19.3. The summed E-state index contributed by atoms with van der Waals surface area (Å²) in [5.74, 6) is 0.595. The molecule has 168 valence electrons. The average molecular weight is 426 g/mol. The lowest BCUT2D eigenvalue weighted by molar-refractivity contribution is 0.392. The maximum Gasteiger partial charge on any atom is 0.192 e. The lowest BCUT2D eigenvalue weighted by atomic mass is 10.1. The number of rotatable bonds is 8. The smallest absolute Gasteiger partial charge is 0.192 e. The molecule has 1 saturated heterocycles. The van der Waals surface area contributed by atoms with Crippen molar-refractivity contribution in [1.82, 2.24) is 15.5 Å². The summed E-state index contributed by atoms with van der Waals surface area (Å²) >= 11 is 0. The lowest BCUT2D eigenvalue weighted by Crippen LogP contribution is -2.38. The van der Waals surface area contributed by atoms with Crippen molar-refractivity contribution in [2.24, 2.45) is 4.99 Å². The minimum atomic E-state index is -0.169. The van der Waals surface area contributed by atoms with Gasteiger partial charge in [-0.25, -0.2) is 9.38 Å². The highest BCUT2D eigenvalue weighted by molar-refractivity contribution is 5.80. The van der Waals surface area contributed by atoms with E-state index in [1.54, 1.807) is 0 Å². The van der Waals surface area contributed by atoms with E-state index in [1.807, 2.05) is 31.1 Å². The zero-order valence-electron chi connectivity index (χ0n) is 19.3. The fourth-order valence-corrected chi connectivity index (χ4v) is 3.93. The molecule has 1 aliphatic rings. The Morgan fingerprint density at radius 1 is 1.16 bits per heavy atom. The van der Waals surface area contributed by atoms with Gasteiger partial charge in [-0.05, 0) is 76.2 Å². The second-order valence-electron chi connectivity index (χ2n) is 8.51. The van der Waals surface area contributed by atoms with Crippen LogP contribution in [0.25, 0.3) is 0 Å². The van der Waals surface area contributed by atoms with E-state index in [-0.39, 0.29) is 11.9 Å². The van der Waals surface area contributed by atoms with Crippen molar-refractivity contribution in [3.63, 3.8) is 0 Å². The van der Waals surface area contributed by atoms with Crippen molar-refractivity contribution in [2.45, 2.75) is 45.8 Å². The van der Waals surface area contributed by atoms with Gasteiger partial charge in [-0.2, -0.15) is 0 Å². The maximum atomic E-state index is 14.1. The largest absolute Gasteiger partial charge is 0.372 e. The molecule has 0 amide bonds. The first-order valence-corrected chi connectivity index (χ1v) is 11.3. The van der Waals surface area contributed by atoms with Crippen LogP contribution in [0.3, 0.4) is 0 Å². The summed E-state index contributed by atoms with van der Waals surface area (Å²) in [6, 6.07) is 14.1. The Bertz CT molecular complexity index is 874. The molecular formula is C25H36FN5. The van der Waals surface area contributed by atoms with Crippen LogP contribution in [0.1, 0.15) is 49.4 Å². The standard InChI is InChI=1S/C25H36FN5/c1-5-27-25(28-17-20-11-12-24(26)22(15-20)18-30(3)4)29-19(2)21-9-8-10-23(16-21)31-13-6-7-14-31/h8-12,15-16,19H,5-7,13-14,17-18H2,1-4H3,(H2,27,28,29). The van der Waals surface area contributed by atoms with Crippen molar-refractivity contribution in [2.75, 3.05) is 38.6 Å². The van der Waals surface area contributed by atoms with E-state index >= 15 is 0 Å². The number of hydrogen-bond donors (Lipinski definition) is 2. The van der Waals surface area contributed by atoms with Crippen molar-refractivity contribution in [1.29, 1.82) is 0 Å². The molecule has 0 radical (unpaired) electrons. The van der Waals surface area contributed by atoms with E-state index in [9.17, 15) is 4.39 Å². The molecule has 5 nitrogen and oxygen atoms in total. The number of halogens is 1. The Morgan fingerprint density at radius 2 is 1.94 bits per heavy atom. The molecule has 2 aromatic rings. The van der Waals surface area contributed by atoms with Gasteiger partial charge in [0.1, 0.15) is 5.82 Å². The summed E-state index contributed by atoms with van der Waals surface area (Å²) < 4.78 is 14.1. The average Bonchev–Trinajstić information content (AvgIpc) is 3.29. The van der Waals surface area contributed by atoms with Gasteiger partial charge in [0.05, 0.1) is 12.6 Å². The molecule has 6 heteroatoms. The van der Waals surface area contributed by atoms with Gasteiger partial charge >= 0.3 is 0 Å². The number of benzene rings is 2. The Balaban J connectivity index is 1.69. The number of nitrogens with zero attached hydrogens (tertiary/aromatic N) is 3. The first-order chi connectivity index (χ1) is 15.0. The topological polar surface area (TPSA) is 42.9 Å². The van der Waals surface area contributed by atoms with Gasteiger partial charge in [-0.15, -0.1) is 0 Å². The molecule has 0 spiro atoms. The molecule has 1 atom stereocenters. The Labute approximate surface area is 186 Å². The normalized spacial score (nSPS) is 15.4. The van der Waals surface area contributed by atoms with E-state index in [1.165, 1.54) is 30.2 Å². The number of anilines is 1. The molecule has 1 unspecified atom stereocenters. The van der Waals surface area contributed by atoms with Gasteiger partial charge in [-0.1, -0.05) is 18.2 Å². The highest BCUT2D eigenvalue weighted by Gasteiger charge is 2.14. The van der Waals surface area contributed by atoms with Gasteiger partial charge in [0.2, 0.25) is 0 Å².